The molecule has 0 spiro atoms. The van der Waals surface area contributed by atoms with E-state index in [0.717, 1.165) is 17.9 Å². The zero-order chi connectivity index (χ0) is 13.4. The fourth-order valence-electron chi connectivity index (χ4n) is 2.37. The Balaban J connectivity index is 1.85. The van der Waals surface area contributed by atoms with Crippen LogP contribution in [-0.4, -0.2) is 50.0 Å². The second kappa shape index (κ2) is 4.49. The topological polar surface area (TPSA) is 75.4 Å². The minimum Gasteiger partial charge on any atom is -0.365 e. The molecular weight excluding hydrogens is 244 g/mol. The zero-order valence-corrected chi connectivity index (χ0v) is 11.0. The molecule has 3 rings (SSSR count). The Hall–Kier alpha value is -2.18. The standard InChI is InChI=1S/C12H16N6O/c1-8-5-10(18-12(15-8)13-7-14-18)16-9-3-4-11(19)17(2)6-9/h5,7,9,16H,3-4,6H2,1-2H3. The SMILES string of the molecule is Cc1cc(NC2CCC(=O)N(C)C2)n2ncnc2n1. The van der Waals surface area contributed by atoms with E-state index >= 15 is 0 Å². The van der Waals surface area contributed by atoms with Gasteiger partial charge in [-0.25, -0.2) is 4.98 Å². The van der Waals surface area contributed by atoms with Crippen LogP contribution < -0.4 is 5.32 Å². The summed E-state index contributed by atoms with van der Waals surface area (Å²) in [6, 6.07) is 2.18. The Kier molecular flexibility index (Phi) is 2.81. The normalized spacial score (nSPS) is 20.0. The van der Waals surface area contributed by atoms with Gasteiger partial charge < -0.3 is 10.2 Å². The Morgan fingerprint density at radius 1 is 1.47 bits per heavy atom. The Bertz CT molecular complexity index is 622. The highest BCUT2D eigenvalue weighted by atomic mass is 16.2. The molecule has 19 heavy (non-hydrogen) atoms. The van der Waals surface area contributed by atoms with E-state index in [1.165, 1.54) is 6.33 Å². The van der Waals surface area contributed by atoms with Crippen molar-refractivity contribution in [3.63, 3.8) is 0 Å². The first-order valence-electron chi connectivity index (χ1n) is 6.31. The number of hydrogen-bond donors (Lipinski definition) is 1. The lowest BCUT2D eigenvalue weighted by molar-refractivity contribution is -0.132. The van der Waals surface area contributed by atoms with Crippen LogP contribution in [0.4, 0.5) is 5.82 Å². The van der Waals surface area contributed by atoms with Crippen molar-refractivity contribution in [2.24, 2.45) is 0 Å². The predicted octanol–water partition coefficient (Wildman–Crippen LogP) is 0.465. The minimum absolute atomic E-state index is 0.204. The van der Waals surface area contributed by atoms with Crippen molar-refractivity contribution in [2.45, 2.75) is 25.8 Å². The van der Waals surface area contributed by atoms with Crippen LogP contribution in [0.15, 0.2) is 12.4 Å². The van der Waals surface area contributed by atoms with E-state index in [0.29, 0.717) is 18.7 Å². The van der Waals surface area contributed by atoms with Gasteiger partial charge in [-0.05, 0) is 13.3 Å². The lowest BCUT2D eigenvalue weighted by Gasteiger charge is -2.30. The van der Waals surface area contributed by atoms with Crippen molar-refractivity contribution in [2.75, 3.05) is 18.9 Å². The van der Waals surface area contributed by atoms with E-state index in [2.05, 4.69) is 20.4 Å². The lowest BCUT2D eigenvalue weighted by atomic mass is 10.1. The number of rotatable bonds is 2. The first-order valence-corrected chi connectivity index (χ1v) is 6.31. The van der Waals surface area contributed by atoms with Crippen molar-refractivity contribution in [1.29, 1.82) is 0 Å². The molecule has 1 aliphatic heterocycles. The molecule has 2 aromatic heterocycles. The summed E-state index contributed by atoms with van der Waals surface area (Å²) in [4.78, 5) is 21.6. The molecule has 7 heteroatoms. The van der Waals surface area contributed by atoms with Crippen molar-refractivity contribution in [3.05, 3.63) is 18.1 Å². The predicted molar refractivity (Wildman–Crippen MR) is 69.8 cm³/mol. The molecule has 0 saturated carbocycles. The molecule has 0 bridgehead atoms. The molecule has 100 valence electrons. The summed E-state index contributed by atoms with van der Waals surface area (Å²) in [5.74, 6) is 1.66. The Morgan fingerprint density at radius 3 is 3.11 bits per heavy atom. The molecule has 0 radical (unpaired) electrons. The highest BCUT2D eigenvalue weighted by molar-refractivity contribution is 5.77. The van der Waals surface area contributed by atoms with E-state index < -0.39 is 0 Å². The average Bonchev–Trinajstić information content (AvgIpc) is 2.82. The summed E-state index contributed by atoms with van der Waals surface area (Å²) >= 11 is 0. The fourth-order valence-corrected chi connectivity index (χ4v) is 2.37. The number of aryl methyl sites for hydroxylation is 1. The molecule has 1 N–H and O–H groups in total. The molecule has 0 aliphatic carbocycles. The molecule has 0 aromatic carbocycles. The van der Waals surface area contributed by atoms with E-state index in [1.807, 2.05) is 20.0 Å². The van der Waals surface area contributed by atoms with Gasteiger partial charge in [0.15, 0.2) is 0 Å². The van der Waals surface area contributed by atoms with Crippen molar-refractivity contribution >= 4 is 17.5 Å². The van der Waals surface area contributed by atoms with E-state index in [-0.39, 0.29) is 11.9 Å². The first kappa shape index (κ1) is 11.9. The van der Waals surface area contributed by atoms with Gasteiger partial charge in [0.25, 0.3) is 5.78 Å². The molecule has 1 saturated heterocycles. The van der Waals surface area contributed by atoms with E-state index in [9.17, 15) is 4.79 Å². The minimum atomic E-state index is 0.204. The third kappa shape index (κ3) is 2.23. The number of piperidine rings is 1. The van der Waals surface area contributed by atoms with Gasteiger partial charge in [-0.15, -0.1) is 0 Å². The van der Waals surface area contributed by atoms with Gasteiger partial charge in [-0.1, -0.05) is 0 Å². The molecular formula is C12H16N6O. The maximum absolute atomic E-state index is 11.5. The second-order valence-corrected chi connectivity index (χ2v) is 4.91. The van der Waals surface area contributed by atoms with Gasteiger partial charge in [-0.3, -0.25) is 4.79 Å². The number of likely N-dealkylation sites (tertiary alicyclic amines) is 1. The third-order valence-electron chi connectivity index (χ3n) is 3.36. The fraction of sp³-hybridized carbons (Fsp3) is 0.500. The Labute approximate surface area is 110 Å². The molecule has 1 fully saturated rings. The van der Waals surface area contributed by atoms with Crippen LogP contribution in [0, 0.1) is 6.92 Å². The number of likely N-dealkylation sites (N-methyl/N-ethyl adjacent to an activating group) is 1. The number of hydrogen-bond acceptors (Lipinski definition) is 5. The number of fused-ring (bicyclic) bond motifs is 1. The summed E-state index contributed by atoms with van der Waals surface area (Å²) < 4.78 is 1.68. The molecule has 7 nitrogen and oxygen atoms in total. The van der Waals surface area contributed by atoms with Crippen LogP contribution in [0.2, 0.25) is 0 Å². The van der Waals surface area contributed by atoms with E-state index in [1.54, 1.807) is 9.42 Å². The number of carbonyl (C=O) groups excluding carboxylic acids is 1. The first-order chi connectivity index (χ1) is 9.13. The molecule has 1 aliphatic rings. The summed E-state index contributed by atoms with van der Waals surface area (Å²) in [6.45, 7) is 2.63. The lowest BCUT2D eigenvalue weighted by Crippen LogP contribution is -2.43. The summed E-state index contributed by atoms with van der Waals surface area (Å²) in [7, 11) is 1.83. The zero-order valence-electron chi connectivity index (χ0n) is 11.0. The van der Waals surface area contributed by atoms with Crippen LogP contribution in [0.5, 0.6) is 0 Å². The molecule has 1 atom stereocenters. The molecule has 2 aromatic rings. The smallest absolute Gasteiger partial charge is 0.254 e. The van der Waals surface area contributed by atoms with Crippen molar-refractivity contribution in [1.82, 2.24) is 24.5 Å². The van der Waals surface area contributed by atoms with Gasteiger partial charge in [0.05, 0.1) is 0 Å². The molecule has 1 amide bonds. The summed E-state index contributed by atoms with van der Waals surface area (Å²) in [6.07, 6.45) is 2.91. The van der Waals surface area contributed by atoms with Crippen LogP contribution in [0.1, 0.15) is 18.5 Å². The number of nitrogens with zero attached hydrogens (tertiary/aromatic N) is 5. The number of aromatic nitrogens is 4. The van der Waals surface area contributed by atoms with Crippen LogP contribution in [0.25, 0.3) is 5.78 Å². The maximum Gasteiger partial charge on any atom is 0.254 e. The highest BCUT2D eigenvalue weighted by Gasteiger charge is 2.23. The average molecular weight is 260 g/mol. The van der Waals surface area contributed by atoms with Gasteiger partial charge >= 0.3 is 0 Å². The number of amides is 1. The third-order valence-corrected chi connectivity index (χ3v) is 3.36. The number of anilines is 1. The largest absolute Gasteiger partial charge is 0.365 e. The summed E-state index contributed by atoms with van der Waals surface area (Å²) in [5.41, 5.74) is 0.892. The van der Waals surface area contributed by atoms with Gasteiger partial charge in [0.1, 0.15) is 12.1 Å². The van der Waals surface area contributed by atoms with Gasteiger partial charge in [0, 0.05) is 37.8 Å². The number of nitrogens with one attached hydrogen (secondary N) is 1. The van der Waals surface area contributed by atoms with Crippen LogP contribution in [-0.2, 0) is 4.79 Å². The van der Waals surface area contributed by atoms with Gasteiger partial charge in [-0.2, -0.15) is 14.6 Å². The quantitative estimate of drug-likeness (QED) is 0.849. The number of carbonyl (C=O) groups is 1. The monoisotopic (exact) mass is 260 g/mol. The van der Waals surface area contributed by atoms with Gasteiger partial charge in [0.2, 0.25) is 5.91 Å². The highest BCUT2D eigenvalue weighted by Crippen LogP contribution is 2.17. The van der Waals surface area contributed by atoms with Crippen LogP contribution >= 0.6 is 0 Å². The van der Waals surface area contributed by atoms with E-state index in [4.69, 9.17) is 0 Å². The Morgan fingerprint density at radius 2 is 2.32 bits per heavy atom. The van der Waals surface area contributed by atoms with Crippen molar-refractivity contribution in [3.8, 4) is 0 Å². The maximum atomic E-state index is 11.5. The van der Waals surface area contributed by atoms with Crippen molar-refractivity contribution < 1.29 is 4.79 Å². The molecule has 3 heterocycles. The molecule has 1 unspecified atom stereocenters. The summed E-state index contributed by atoms with van der Waals surface area (Å²) in [5, 5.41) is 7.59. The van der Waals surface area contributed by atoms with Crippen LogP contribution in [0.3, 0.4) is 0 Å². The second-order valence-electron chi connectivity index (χ2n) is 4.91.